The van der Waals surface area contributed by atoms with Gasteiger partial charge in [-0.15, -0.1) is 0 Å². The lowest BCUT2D eigenvalue weighted by molar-refractivity contribution is -0.157. The minimum absolute atomic E-state index is 0.00432. The summed E-state index contributed by atoms with van der Waals surface area (Å²) in [6.07, 6.45) is 4.79. The van der Waals surface area contributed by atoms with Gasteiger partial charge in [0.1, 0.15) is 6.10 Å². The quantitative estimate of drug-likeness (QED) is 0.397. The zero-order valence-corrected chi connectivity index (χ0v) is 18.1. The third kappa shape index (κ3) is 6.40. The number of hydrogen-bond acceptors (Lipinski definition) is 6. The van der Waals surface area contributed by atoms with Gasteiger partial charge in [-0.05, 0) is 43.1 Å². The summed E-state index contributed by atoms with van der Waals surface area (Å²) in [4.78, 5) is 23.1. The van der Waals surface area contributed by atoms with E-state index >= 15 is 0 Å². The summed E-state index contributed by atoms with van der Waals surface area (Å²) < 4.78 is 5.86. The van der Waals surface area contributed by atoms with E-state index in [1.807, 2.05) is 39.0 Å². The first-order valence-electron chi connectivity index (χ1n) is 11.0. The van der Waals surface area contributed by atoms with Crippen LogP contribution in [-0.4, -0.2) is 56.8 Å². The van der Waals surface area contributed by atoms with Crippen LogP contribution in [0, 0.1) is 23.7 Å². The van der Waals surface area contributed by atoms with E-state index < -0.39 is 30.7 Å². The minimum Gasteiger partial charge on any atom is -0.481 e. The number of carboxylic acids is 1. The highest BCUT2D eigenvalue weighted by Gasteiger charge is 2.43. The van der Waals surface area contributed by atoms with Crippen LogP contribution in [0.2, 0.25) is 0 Å². The van der Waals surface area contributed by atoms with Crippen molar-refractivity contribution in [2.45, 2.75) is 83.7 Å². The molecule has 0 amide bonds. The van der Waals surface area contributed by atoms with Crippen molar-refractivity contribution in [3.63, 3.8) is 0 Å². The molecule has 30 heavy (non-hydrogen) atoms. The number of esters is 1. The van der Waals surface area contributed by atoms with Gasteiger partial charge in [-0.25, -0.2) is 0 Å². The van der Waals surface area contributed by atoms with Gasteiger partial charge in [-0.1, -0.05) is 39.0 Å². The molecule has 2 aliphatic rings. The van der Waals surface area contributed by atoms with Crippen LogP contribution in [0.25, 0.3) is 0 Å². The van der Waals surface area contributed by atoms with Crippen molar-refractivity contribution in [3.05, 3.63) is 23.8 Å². The average molecular weight is 425 g/mol. The number of carbonyl (C=O) groups excluding carboxylic acids is 1. The lowest BCUT2D eigenvalue weighted by Gasteiger charge is -2.44. The van der Waals surface area contributed by atoms with Gasteiger partial charge in [0.15, 0.2) is 0 Å². The Hall–Kier alpha value is -1.70. The Bertz CT molecular complexity index is 656. The van der Waals surface area contributed by atoms with Crippen LogP contribution < -0.4 is 0 Å². The standard InChI is InChI=1S/C23H36O7/c1-4-13(2)23(29)30-20-7-5-6-15-10-19(26)14(3)18(22(15)20)9-8-16(24)11-17(25)12-21(27)28/h5-6,10,13-14,16-20,22,24-26H,4,7-9,11-12H2,1-3H3,(H,27,28)/t13-,14+,16+,17+,18-,19-,20-,22-/m1/s1. The zero-order valence-electron chi connectivity index (χ0n) is 18.1. The van der Waals surface area contributed by atoms with Crippen LogP contribution in [0.1, 0.15) is 59.3 Å². The molecular formula is C23H36O7. The van der Waals surface area contributed by atoms with Gasteiger partial charge in [0, 0.05) is 12.3 Å². The monoisotopic (exact) mass is 424 g/mol. The number of carbonyl (C=O) groups is 2. The summed E-state index contributed by atoms with van der Waals surface area (Å²) in [5, 5.41) is 39.3. The third-order valence-electron chi connectivity index (χ3n) is 6.57. The number of aliphatic hydroxyl groups is 3. The molecule has 0 saturated heterocycles. The second-order valence-corrected chi connectivity index (χ2v) is 8.85. The van der Waals surface area contributed by atoms with Gasteiger partial charge >= 0.3 is 11.9 Å². The largest absolute Gasteiger partial charge is 0.481 e. The van der Waals surface area contributed by atoms with Crippen molar-refractivity contribution >= 4 is 11.9 Å². The average Bonchev–Trinajstić information content (AvgIpc) is 2.67. The predicted octanol–water partition coefficient (Wildman–Crippen LogP) is 2.44. The number of ether oxygens (including phenoxy) is 1. The Kier molecular flexibility index (Phi) is 9.07. The van der Waals surface area contributed by atoms with E-state index in [2.05, 4.69) is 0 Å². The molecule has 7 heteroatoms. The molecule has 0 fully saturated rings. The molecule has 0 heterocycles. The van der Waals surface area contributed by atoms with Crippen LogP contribution in [-0.2, 0) is 14.3 Å². The Morgan fingerprint density at radius 1 is 1.27 bits per heavy atom. The van der Waals surface area contributed by atoms with Gasteiger partial charge in [0.05, 0.1) is 30.7 Å². The third-order valence-corrected chi connectivity index (χ3v) is 6.57. The molecule has 2 aliphatic carbocycles. The van der Waals surface area contributed by atoms with Crippen LogP contribution in [0.15, 0.2) is 23.8 Å². The Morgan fingerprint density at radius 3 is 2.60 bits per heavy atom. The lowest BCUT2D eigenvalue weighted by Crippen LogP contribution is -2.44. The summed E-state index contributed by atoms with van der Waals surface area (Å²) >= 11 is 0. The molecule has 0 aliphatic heterocycles. The number of fused-ring (bicyclic) bond motifs is 1. The molecular weight excluding hydrogens is 388 g/mol. The maximum absolute atomic E-state index is 12.4. The first-order chi connectivity index (χ1) is 14.1. The SMILES string of the molecule is CC[C@@H](C)C(=O)O[C@@H]1CC=CC2=C[C@@H](O)[C@@H](C)[C@@H](CC[C@H](O)C[C@H](O)CC(=O)O)[C@@H]21. The Morgan fingerprint density at radius 2 is 1.97 bits per heavy atom. The molecule has 0 aromatic heterocycles. The van der Waals surface area contributed by atoms with E-state index in [0.29, 0.717) is 25.7 Å². The van der Waals surface area contributed by atoms with Crippen molar-refractivity contribution in [3.8, 4) is 0 Å². The minimum atomic E-state index is -1.10. The maximum Gasteiger partial charge on any atom is 0.308 e. The number of carboxylic acid groups (broad SMARTS) is 1. The predicted molar refractivity (Wildman–Crippen MR) is 111 cm³/mol. The molecule has 0 unspecified atom stereocenters. The summed E-state index contributed by atoms with van der Waals surface area (Å²) in [5.41, 5.74) is 0.958. The molecule has 170 valence electrons. The van der Waals surface area contributed by atoms with Crippen LogP contribution >= 0.6 is 0 Å². The highest BCUT2D eigenvalue weighted by atomic mass is 16.5. The number of rotatable bonds is 10. The molecule has 0 spiro atoms. The van der Waals surface area contributed by atoms with Crippen LogP contribution in [0.3, 0.4) is 0 Å². The fourth-order valence-corrected chi connectivity index (χ4v) is 4.53. The fourth-order valence-electron chi connectivity index (χ4n) is 4.53. The highest BCUT2D eigenvalue weighted by molar-refractivity contribution is 5.72. The molecule has 0 aromatic rings. The first kappa shape index (κ1) is 24.6. The molecule has 4 N–H and O–H groups in total. The van der Waals surface area contributed by atoms with E-state index in [1.54, 1.807) is 0 Å². The number of allylic oxidation sites excluding steroid dienone is 1. The van der Waals surface area contributed by atoms with Gasteiger partial charge in [0.25, 0.3) is 0 Å². The Balaban J connectivity index is 2.09. The summed E-state index contributed by atoms with van der Waals surface area (Å²) in [7, 11) is 0. The van der Waals surface area contributed by atoms with Gasteiger partial charge in [-0.3, -0.25) is 9.59 Å². The lowest BCUT2D eigenvalue weighted by atomic mass is 9.65. The normalized spacial score (nSPS) is 31.3. The molecule has 2 rings (SSSR count). The van der Waals surface area contributed by atoms with Crippen molar-refractivity contribution in [1.29, 1.82) is 0 Å². The molecule has 0 radical (unpaired) electrons. The Labute approximate surface area is 178 Å². The number of hydrogen-bond donors (Lipinski definition) is 4. The smallest absolute Gasteiger partial charge is 0.308 e. The van der Waals surface area contributed by atoms with Crippen molar-refractivity contribution < 1.29 is 34.8 Å². The van der Waals surface area contributed by atoms with Crippen molar-refractivity contribution in [2.24, 2.45) is 23.7 Å². The second kappa shape index (κ2) is 11.1. The number of aliphatic hydroxyl groups excluding tert-OH is 3. The van der Waals surface area contributed by atoms with Crippen molar-refractivity contribution in [2.75, 3.05) is 0 Å². The number of aliphatic carboxylic acids is 1. The molecule has 0 bridgehead atoms. The summed E-state index contributed by atoms with van der Waals surface area (Å²) in [5.74, 6) is -1.64. The fraction of sp³-hybridized carbons (Fsp3) is 0.739. The van der Waals surface area contributed by atoms with Crippen LogP contribution in [0.5, 0.6) is 0 Å². The molecule has 0 saturated carbocycles. The van der Waals surface area contributed by atoms with E-state index in [1.165, 1.54) is 0 Å². The van der Waals surface area contributed by atoms with Gasteiger partial charge in [-0.2, -0.15) is 0 Å². The maximum atomic E-state index is 12.4. The molecule has 0 aromatic carbocycles. The highest BCUT2D eigenvalue weighted by Crippen LogP contribution is 2.44. The first-order valence-corrected chi connectivity index (χ1v) is 11.0. The summed E-state index contributed by atoms with van der Waals surface area (Å²) in [6, 6.07) is 0. The van der Waals surface area contributed by atoms with E-state index in [-0.39, 0.29) is 42.2 Å². The second-order valence-electron chi connectivity index (χ2n) is 8.85. The van der Waals surface area contributed by atoms with Gasteiger partial charge < -0.3 is 25.2 Å². The van der Waals surface area contributed by atoms with E-state index in [4.69, 9.17) is 9.84 Å². The summed E-state index contributed by atoms with van der Waals surface area (Å²) in [6.45, 7) is 5.75. The van der Waals surface area contributed by atoms with Crippen LogP contribution in [0.4, 0.5) is 0 Å². The zero-order chi connectivity index (χ0) is 22.4. The molecule has 8 atom stereocenters. The topological polar surface area (TPSA) is 124 Å². The van der Waals surface area contributed by atoms with E-state index in [0.717, 1.165) is 5.57 Å². The van der Waals surface area contributed by atoms with E-state index in [9.17, 15) is 24.9 Å². The van der Waals surface area contributed by atoms with Crippen molar-refractivity contribution in [1.82, 2.24) is 0 Å². The van der Waals surface area contributed by atoms with Gasteiger partial charge in [0.2, 0.25) is 0 Å². The molecule has 7 nitrogen and oxygen atoms in total.